The molecular weight excluding hydrogens is 449 g/mol. The third-order valence-electron chi connectivity index (χ3n) is 7.64. The Morgan fingerprint density at radius 2 is 2.09 bits per heavy atom. The highest BCUT2D eigenvalue weighted by atomic mass is 19.1. The Hall–Kier alpha value is -3.21. The number of hydrogen-bond acceptors (Lipinski definition) is 9. The van der Waals surface area contributed by atoms with Crippen LogP contribution in [0.3, 0.4) is 0 Å². The lowest BCUT2D eigenvalue weighted by atomic mass is 9.68. The summed E-state index contributed by atoms with van der Waals surface area (Å²) in [5, 5.41) is 34.2. The number of fused-ring (bicyclic) bond motifs is 2. The van der Waals surface area contributed by atoms with Gasteiger partial charge in [-0.1, -0.05) is 6.07 Å². The van der Waals surface area contributed by atoms with E-state index in [0.29, 0.717) is 34.0 Å². The number of rotatable bonds is 5. The predicted octanol–water partition coefficient (Wildman–Crippen LogP) is 2.80. The van der Waals surface area contributed by atoms with Gasteiger partial charge in [0.15, 0.2) is 0 Å². The van der Waals surface area contributed by atoms with Gasteiger partial charge in [-0.25, -0.2) is 9.37 Å². The van der Waals surface area contributed by atoms with Crippen molar-refractivity contribution >= 4 is 5.95 Å². The fraction of sp³-hybridized carbons (Fsp3) is 0.583. The van der Waals surface area contributed by atoms with Gasteiger partial charge in [0, 0.05) is 32.4 Å². The van der Waals surface area contributed by atoms with Crippen LogP contribution < -0.4 is 10.2 Å². The van der Waals surface area contributed by atoms with E-state index in [-0.39, 0.29) is 29.2 Å². The maximum atomic E-state index is 16.0. The molecule has 3 aromatic rings. The van der Waals surface area contributed by atoms with Crippen LogP contribution in [0.2, 0.25) is 0 Å². The first-order valence-corrected chi connectivity index (χ1v) is 12.0. The van der Waals surface area contributed by atoms with Crippen molar-refractivity contribution < 1.29 is 13.6 Å². The molecule has 2 aromatic heterocycles. The lowest BCUT2D eigenvalue weighted by Crippen LogP contribution is -2.73. The van der Waals surface area contributed by atoms with Crippen LogP contribution in [0.4, 0.5) is 10.3 Å². The van der Waals surface area contributed by atoms with Crippen molar-refractivity contribution in [3.05, 3.63) is 24.4 Å². The van der Waals surface area contributed by atoms with Gasteiger partial charge in [-0.3, -0.25) is 0 Å². The summed E-state index contributed by atoms with van der Waals surface area (Å²) in [6.07, 6.45) is 5.92. The van der Waals surface area contributed by atoms with Gasteiger partial charge in [-0.15, -0.1) is 20.4 Å². The van der Waals surface area contributed by atoms with Crippen LogP contribution in [-0.2, 0) is 6.98 Å². The minimum atomic E-state index is -2.55. The van der Waals surface area contributed by atoms with Crippen molar-refractivity contribution in [2.75, 3.05) is 4.90 Å². The monoisotopic (exact) mass is 482 g/mol. The summed E-state index contributed by atoms with van der Waals surface area (Å²) < 4.78 is 38.1. The quantitative estimate of drug-likeness (QED) is 0.566. The molecule has 0 unspecified atom stereocenters. The van der Waals surface area contributed by atoms with E-state index in [1.165, 1.54) is 12.3 Å². The molecule has 2 saturated heterocycles. The van der Waals surface area contributed by atoms with E-state index in [2.05, 4.69) is 42.8 Å². The molecule has 0 spiro atoms. The molecule has 2 bridgehead atoms. The molecule has 10 nitrogen and oxygen atoms in total. The molecule has 4 heterocycles. The van der Waals surface area contributed by atoms with Crippen molar-refractivity contribution in [2.45, 2.75) is 81.7 Å². The van der Waals surface area contributed by atoms with E-state index >= 15 is 4.39 Å². The molecule has 1 saturated carbocycles. The number of phenols is 1. The number of halogens is 1. The number of phenolic OH excluding ortho intramolecular Hbond substituents is 1. The smallest absolute Gasteiger partial charge is 0.245 e. The van der Waals surface area contributed by atoms with Gasteiger partial charge in [0.05, 0.1) is 19.2 Å². The zero-order valence-electron chi connectivity index (χ0n) is 22.7. The average Bonchev–Trinajstić information content (AvgIpc) is 3.55. The molecule has 1 aromatic carbocycles. The number of hydrogen-bond donors (Lipinski definition) is 2. The molecule has 11 heteroatoms. The number of alkyl halides is 1. The summed E-state index contributed by atoms with van der Waals surface area (Å²) in [6, 6.07) is 4.50. The highest BCUT2D eigenvalue weighted by Gasteiger charge is 2.56. The van der Waals surface area contributed by atoms with E-state index in [1.54, 1.807) is 12.1 Å². The molecule has 0 radical (unpaired) electrons. The number of aromatic hydroxyl groups is 1. The van der Waals surface area contributed by atoms with Crippen LogP contribution in [0.15, 0.2) is 24.4 Å². The van der Waals surface area contributed by atoms with E-state index < -0.39 is 18.7 Å². The topological polar surface area (TPSA) is 118 Å². The Kier molecular flexibility index (Phi) is 4.30. The number of aryl methyl sites for hydroxylation is 1. The zero-order valence-corrected chi connectivity index (χ0v) is 19.7. The Morgan fingerprint density at radius 3 is 2.77 bits per heavy atom. The Balaban J connectivity index is 1.26. The van der Waals surface area contributed by atoms with E-state index in [4.69, 9.17) is 4.11 Å². The standard InChI is InChI=1S/C24H30FN9O/c1-23-9-4-10-24(2,31-23)20(25)18(12-23)34(15-6-7-15)22-26-13-17(27-29-22)16-8-5-14(11-19(16)35)21-28-32-33(3)30-21/h5,8,11,13,15,18,20,31,35H,4,6-7,9-10,12H2,1-3H3/t18-,20-,23-,24+/m0/s1/i3D3. The second-order valence-corrected chi connectivity index (χ2v) is 10.5. The number of tetrazole rings is 1. The minimum Gasteiger partial charge on any atom is -0.507 e. The number of aromatic nitrogens is 7. The molecule has 3 fully saturated rings. The average molecular weight is 483 g/mol. The third kappa shape index (κ3) is 3.91. The summed E-state index contributed by atoms with van der Waals surface area (Å²) in [7, 11) is 0. The van der Waals surface area contributed by atoms with Crippen molar-refractivity contribution in [2.24, 2.45) is 6.98 Å². The SMILES string of the molecule is [2H]C([2H])([2H])n1nnc(-c2ccc(-c3cnc(N(C4CC4)[C@H]4C[C@]5(C)CCC[C@@](C)(N5)[C@H]4F)nn3)c(O)c2)n1. The molecule has 4 atom stereocenters. The largest absolute Gasteiger partial charge is 0.507 e. The van der Waals surface area contributed by atoms with Crippen molar-refractivity contribution in [1.29, 1.82) is 0 Å². The van der Waals surface area contributed by atoms with Gasteiger partial charge in [0.1, 0.15) is 17.6 Å². The molecule has 2 N–H and O–H groups in total. The van der Waals surface area contributed by atoms with Gasteiger partial charge >= 0.3 is 0 Å². The predicted molar refractivity (Wildman–Crippen MR) is 127 cm³/mol. The number of anilines is 1. The third-order valence-corrected chi connectivity index (χ3v) is 7.64. The molecule has 1 aliphatic carbocycles. The fourth-order valence-corrected chi connectivity index (χ4v) is 5.91. The number of benzene rings is 1. The van der Waals surface area contributed by atoms with Gasteiger partial charge in [-0.05, 0) is 69.7 Å². The summed E-state index contributed by atoms with van der Waals surface area (Å²) in [6.45, 7) is 1.62. The fourth-order valence-electron chi connectivity index (χ4n) is 5.91. The molecule has 6 rings (SSSR count). The Bertz CT molecular complexity index is 1350. The second-order valence-electron chi connectivity index (χ2n) is 10.5. The van der Waals surface area contributed by atoms with E-state index in [9.17, 15) is 5.11 Å². The summed E-state index contributed by atoms with van der Waals surface area (Å²) >= 11 is 0. The van der Waals surface area contributed by atoms with E-state index in [1.807, 2.05) is 11.8 Å². The number of nitrogens with one attached hydrogen (secondary N) is 1. The Labute approximate surface area is 207 Å². The summed E-state index contributed by atoms with van der Waals surface area (Å²) in [5.41, 5.74) is 0.435. The summed E-state index contributed by atoms with van der Waals surface area (Å²) in [4.78, 5) is 7.15. The molecule has 3 aliphatic rings. The first kappa shape index (κ1) is 19.0. The zero-order chi connectivity index (χ0) is 26.9. The lowest BCUT2D eigenvalue weighted by Gasteiger charge is -2.57. The highest BCUT2D eigenvalue weighted by molar-refractivity contribution is 5.71. The van der Waals surface area contributed by atoms with Crippen LogP contribution in [0.5, 0.6) is 5.75 Å². The maximum absolute atomic E-state index is 16.0. The van der Waals surface area contributed by atoms with Crippen LogP contribution in [0, 0.1) is 0 Å². The first-order valence-electron chi connectivity index (χ1n) is 13.5. The Morgan fingerprint density at radius 1 is 1.23 bits per heavy atom. The lowest BCUT2D eigenvalue weighted by molar-refractivity contribution is 0.0000875. The van der Waals surface area contributed by atoms with Crippen molar-refractivity contribution in [3.63, 3.8) is 0 Å². The summed E-state index contributed by atoms with van der Waals surface area (Å²) in [5.74, 6) is 0.349. The van der Waals surface area contributed by atoms with Crippen LogP contribution in [0.1, 0.15) is 56.5 Å². The molecular formula is C24H30FN9O. The molecule has 2 aliphatic heterocycles. The minimum absolute atomic E-state index is 0.0671. The van der Waals surface area contributed by atoms with Crippen LogP contribution >= 0.6 is 0 Å². The van der Waals surface area contributed by atoms with Gasteiger partial charge in [-0.2, -0.15) is 4.80 Å². The van der Waals surface area contributed by atoms with Gasteiger partial charge in [0.25, 0.3) is 0 Å². The normalized spacial score (nSPS) is 31.9. The van der Waals surface area contributed by atoms with Gasteiger partial charge < -0.3 is 15.3 Å². The van der Waals surface area contributed by atoms with Crippen molar-refractivity contribution in [3.8, 4) is 28.4 Å². The van der Waals surface area contributed by atoms with Crippen LogP contribution in [-0.4, -0.2) is 69.8 Å². The van der Waals surface area contributed by atoms with Crippen LogP contribution in [0.25, 0.3) is 22.6 Å². The van der Waals surface area contributed by atoms with E-state index in [0.717, 1.165) is 32.1 Å². The number of nitrogens with zero attached hydrogens (tertiary/aromatic N) is 8. The second kappa shape index (κ2) is 7.91. The molecule has 35 heavy (non-hydrogen) atoms. The maximum Gasteiger partial charge on any atom is 0.245 e. The van der Waals surface area contributed by atoms with Crippen molar-refractivity contribution in [1.82, 2.24) is 40.7 Å². The first-order chi connectivity index (χ1) is 18.0. The van der Waals surface area contributed by atoms with Gasteiger partial charge in [0.2, 0.25) is 11.8 Å². The molecule has 184 valence electrons. The molecule has 0 amide bonds. The number of piperidine rings is 2. The highest BCUT2D eigenvalue weighted by Crippen LogP contribution is 2.46.